The fourth-order valence-corrected chi connectivity index (χ4v) is 3.53. The number of aromatic amines is 1. The molecule has 0 aliphatic heterocycles. The van der Waals surface area contributed by atoms with Gasteiger partial charge >= 0.3 is 6.18 Å². The third-order valence-electron chi connectivity index (χ3n) is 5.18. The summed E-state index contributed by atoms with van der Waals surface area (Å²) in [6, 6.07) is 17.0. The zero-order chi connectivity index (χ0) is 24.4. The van der Waals surface area contributed by atoms with Gasteiger partial charge < -0.3 is 15.6 Å². The molecule has 0 fully saturated rings. The van der Waals surface area contributed by atoms with Crippen molar-refractivity contribution in [1.82, 2.24) is 19.9 Å². The molecule has 0 atom stereocenters. The molecule has 0 saturated heterocycles. The van der Waals surface area contributed by atoms with Crippen molar-refractivity contribution in [3.8, 4) is 11.3 Å². The Morgan fingerprint density at radius 1 is 0.914 bits per heavy atom. The van der Waals surface area contributed by atoms with E-state index in [1.54, 1.807) is 42.9 Å². The molecule has 5 aromatic rings. The SMILES string of the molecule is O=C(Nc1cccc(C(F)(F)F)c1)c1cc2cc(Nc3nccc(-c4cccnc4)n3)ccc2[nH]1. The number of hydrogen-bond acceptors (Lipinski definition) is 5. The minimum atomic E-state index is -4.49. The molecule has 174 valence electrons. The van der Waals surface area contributed by atoms with Crippen LogP contribution in [0.3, 0.4) is 0 Å². The lowest BCUT2D eigenvalue weighted by atomic mass is 10.2. The number of fused-ring (bicyclic) bond motifs is 1. The summed E-state index contributed by atoms with van der Waals surface area (Å²) in [5.41, 5.74) is 2.39. The first kappa shape index (κ1) is 22.1. The van der Waals surface area contributed by atoms with E-state index in [0.717, 1.165) is 23.1 Å². The van der Waals surface area contributed by atoms with E-state index >= 15 is 0 Å². The zero-order valence-electron chi connectivity index (χ0n) is 18.0. The summed E-state index contributed by atoms with van der Waals surface area (Å²) in [6.07, 6.45) is 0.545. The van der Waals surface area contributed by atoms with Gasteiger partial charge in [-0.05, 0) is 60.7 Å². The number of benzene rings is 2. The Balaban J connectivity index is 1.34. The number of carbonyl (C=O) groups is 1. The number of alkyl halides is 3. The number of nitrogens with one attached hydrogen (secondary N) is 3. The lowest BCUT2D eigenvalue weighted by Crippen LogP contribution is -2.13. The maximum atomic E-state index is 12.9. The molecular weight excluding hydrogens is 457 g/mol. The number of halogens is 3. The number of aromatic nitrogens is 4. The Morgan fingerprint density at radius 2 is 1.80 bits per heavy atom. The first-order valence-corrected chi connectivity index (χ1v) is 10.5. The summed E-state index contributed by atoms with van der Waals surface area (Å²) in [5.74, 6) is -0.161. The van der Waals surface area contributed by atoms with Gasteiger partial charge in [0.05, 0.1) is 11.3 Å². The van der Waals surface area contributed by atoms with Gasteiger partial charge in [0.15, 0.2) is 0 Å². The molecule has 0 aliphatic rings. The van der Waals surface area contributed by atoms with Crippen LogP contribution in [0.5, 0.6) is 0 Å². The van der Waals surface area contributed by atoms with E-state index in [2.05, 4.69) is 30.6 Å². The number of pyridine rings is 1. The largest absolute Gasteiger partial charge is 0.416 e. The summed E-state index contributed by atoms with van der Waals surface area (Å²) < 4.78 is 38.8. The van der Waals surface area contributed by atoms with Crippen LogP contribution in [0, 0.1) is 0 Å². The fourth-order valence-electron chi connectivity index (χ4n) is 3.53. The molecule has 10 heteroatoms. The van der Waals surface area contributed by atoms with E-state index < -0.39 is 17.6 Å². The highest BCUT2D eigenvalue weighted by atomic mass is 19.4. The quantitative estimate of drug-likeness (QED) is 0.289. The molecule has 3 heterocycles. The number of anilines is 3. The van der Waals surface area contributed by atoms with E-state index in [1.807, 2.05) is 18.2 Å². The molecular formula is C25H17F3N6O. The second-order valence-electron chi connectivity index (χ2n) is 7.65. The molecule has 1 amide bonds. The average Bonchev–Trinajstić information content (AvgIpc) is 3.28. The van der Waals surface area contributed by atoms with Crippen molar-refractivity contribution < 1.29 is 18.0 Å². The van der Waals surface area contributed by atoms with Crippen molar-refractivity contribution in [2.24, 2.45) is 0 Å². The second-order valence-corrected chi connectivity index (χ2v) is 7.65. The van der Waals surface area contributed by atoms with Gasteiger partial charge in [0.25, 0.3) is 5.91 Å². The van der Waals surface area contributed by atoms with Crippen LogP contribution < -0.4 is 10.6 Å². The summed E-state index contributed by atoms with van der Waals surface area (Å²) in [4.78, 5) is 28.5. The van der Waals surface area contributed by atoms with Crippen LogP contribution in [-0.2, 0) is 6.18 Å². The van der Waals surface area contributed by atoms with Crippen molar-refractivity contribution >= 4 is 34.1 Å². The van der Waals surface area contributed by atoms with Gasteiger partial charge in [-0.1, -0.05) is 6.07 Å². The third-order valence-corrected chi connectivity index (χ3v) is 5.18. The molecule has 3 N–H and O–H groups in total. The summed E-state index contributed by atoms with van der Waals surface area (Å²) in [6.45, 7) is 0. The van der Waals surface area contributed by atoms with Gasteiger partial charge in [0.1, 0.15) is 5.69 Å². The molecule has 35 heavy (non-hydrogen) atoms. The van der Waals surface area contributed by atoms with Crippen LogP contribution >= 0.6 is 0 Å². The fraction of sp³-hybridized carbons (Fsp3) is 0.0400. The number of carbonyl (C=O) groups excluding carboxylic acids is 1. The van der Waals surface area contributed by atoms with E-state index in [4.69, 9.17) is 0 Å². The molecule has 2 aromatic carbocycles. The molecule has 0 unspecified atom stereocenters. The van der Waals surface area contributed by atoms with Gasteiger partial charge in [-0.2, -0.15) is 13.2 Å². The third kappa shape index (κ3) is 4.96. The predicted molar refractivity (Wildman–Crippen MR) is 126 cm³/mol. The minimum absolute atomic E-state index is 0.0523. The van der Waals surface area contributed by atoms with Crippen LogP contribution in [0.15, 0.2) is 85.3 Å². The second kappa shape index (κ2) is 8.90. The highest BCUT2D eigenvalue weighted by Gasteiger charge is 2.30. The van der Waals surface area contributed by atoms with Gasteiger partial charge in [0.2, 0.25) is 5.95 Å². The lowest BCUT2D eigenvalue weighted by Gasteiger charge is -2.09. The van der Waals surface area contributed by atoms with Crippen molar-refractivity contribution in [1.29, 1.82) is 0 Å². The van der Waals surface area contributed by atoms with E-state index in [9.17, 15) is 18.0 Å². The van der Waals surface area contributed by atoms with Crippen molar-refractivity contribution in [3.63, 3.8) is 0 Å². The monoisotopic (exact) mass is 474 g/mol. The van der Waals surface area contributed by atoms with Crippen LogP contribution in [0.25, 0.3) is 22.2 Å². The molecule has 3 aromatic heterocycles. The van der Waals surface area contributed by atoms with Crippen LogP contribution in [0.2, 0.25) is 0 Å². The maximum Gasteiger partial charge on any atom is 0.416 e. The summed E-state index contributed by atoms with van der Waals surface area (Å²) in [7, 11) is 0. The van der Waals surface area contributed by atoms with Gasteiger partial charge in [-0.25, -0.2) is 9.97 Å². The summed E-state index contributed by atoms with van der Waals surface area (Å²) >= 11 is 0. The molecule has 0 bridgehead atoms. The molecule has 0 radical (unpaired) electrons. The highest BCUT2D eigenvalue weighted by molar-refractivity contribution is 6.06. The number of H-pyrrole nitrogens is 1. The van der Waals surface area contributed by atoms with Crippen LogP contribution in [0.1, 0.15) is 16.1 Å². The average molecular weight is 474 g/mol. The lowest BCUT2D eigenvalue weighted by molar-refractivity contribution is -0.137. The van der Waals surface area contributed by atoms with Crippen molar-refractivity contribution in [2.75, 3.05) is 10.6 Å². The number of nitrogens with zero attached hydrogens (tertiary/aromatic N) is 3. The smallest absolute Gasteiger partial charge is 0.351 e. The van der Waals surface area contributed by atoms with Crippen LogP contribution in [0.4, 0.5) is 30.5 Å². The molecule has 5 rings (SSSR count). The Kier molecular flexibility index (Phi) is 5.61. The molecule has 0 saturated carbocycles. The normalized spacial score (nSPS) is 11.4. The highest BCUT2D eigenvalue weighted by Crippen LogP contribution is 2.31. The van der Waals surface area contributed by atoms with Crippen molar-refractivity contribution in [3.05, 3.63) is 96.6 Å². The number of amides is 1. The van der Waals surface area contributed by atoms with Crippen LogP contribution in [-0.4, -0.2) is 25.8 Å². The summed E-state index contributed by atoms with van der Waals surface area (Å²) in [5, 5.41) is 6.37. The number of rotatable bonds is 5. The first-order valence-electron chi connectivity index (χ1n) is 10.5. The van der Waals surface area contributed by atoms with Crippen molar-refractivity contribution in [2.45, 2.75) is 6.18 Å². The van der Waals surface area contributed by atoms with Gasteiger partial charge in [0, 0.05) is 46.4 Å². The Labute approximate surface area is 197 Å². The topological polar surface area (TPSA) is 95.6 Å². The van der Waals surface area contributed by atoms with E-state index in [0.29, 0.717) is 22.8 Å². The number of hydrogen-bond donors (Lipinski definition) is 3. The Morgan fingerprint density at radius 3 is 2.60 bits per heavy atom. The first-order chi connectivity index (χ1) is 16.8. The van der Waals surface area contributed by atoms with E-state index in [1.165, 1.54) is 12.1 Å². The van der Waals surface area contributed by atoms with E-state index in [-0.39, 0.29) is 11.4 Å². The minimum Gasteiger partial charge on any atom is -0.351 e. The Hall–Kier alpha value is -4.73. The predicted octanol–water partition coefficient (Wildman–Crippen LogP) is 6.03. The maximum absolute atomic E-state index is 12.9. The molecule has 0 aliphatic carbocycles. The zero-order valence-corrected chi connectivity index (χ0v) is 18.0. The molecule has 0 spiro atoms. The Bertz CT molecular complexity index is 1510. The molecule has 7 nitrogen and oxygen atoms in total. The van der Waals surface area contributed by atoms with Gasteiger partial charge in [-0.15, -0.1) is 0 Å². The van der Waals surface area contributed by atoms with Gasteiger partial charge in [-0.3, -0.25) is 9.78 Å². The standard InChI is InChI=1S/C25H17F3N6O/c26-25(27,28)17-4-1-5-18(13-17)31-23(35)22-12-16-11-19(6-7-20(16)33-22)32-24-30-10-8-21(34-24)15-3-2-9-29-14-15/h1-14,33H,(H,31,35)(H,30,32,34).